The van der Waals surface area contributed by atoms with Crippen LogP contribution in [-0.2, 0) is 13.1 Å². The van der Waals surface area contributed by atoms with Crippen molar-refractivity contribution in [2.45, 2.75) is 51.6 Å². The van der Waals surface area contributed by atoms with Gasteiger partial charge in [-0.1, -0.05) is 35.5 Å². The second-order valence-corrected chi connectivity index (χ2v) is 7.24. The van der Waals surface area contributed by atoms with Crippen molar-refractivity contribution in [1.82, 2.24) is 30.5 Å². The summed E-state index contributed by atoms with van der Waals surface area (Å²) < 4.78 is 15.4. The summed E-state index contributed by atoms with van der Waals surface area (Å²) >= 11 is 0. The molecule has 1 fully saturated rings. The molecular weight excluding hydrogens is 363 g/mol. The van der Waals surface area contributed by atoms with Crippen LogP contribution in [0.15, 0.2) is 36.5 Å². The molecule has 8 nitrogen and oxygen atoms in total. The number of amides is 3. The molecule has 1 aromatic carbocycles. The number of aromatic nitrogens is 3. The van der Waals surface area contributed by atoms with Crippen LogP contribution in [-0.4, -0.2) is 56.6 Å². The summed E-state index contributed by atoms with van der Waals surface area (Å²) in [6.45, 7) is 4.44. The van der Waals surface area contributed by atoms with Gasteiger partial charge in [-0.15, -0.1) is 5.10 Å². The number of nitrogens with one attached hydrogen (secondary N) is 2. The molecule has 28 heavy (non-hydrogen) atoms. The van der Waals surface area contributed by atoms with Crippen molar-refractivity contribution in [2.75, 3.05) is 6.54 Å². The van der Waals surface area contributed by atoms with Crippen LogP contribution in [0.1, 0.15) is 36.3 Å². The first kappa shape index (κ1) is 19.8. The maximum atomic E-state index is 13.9. The van der Waals surface area contributed by atoms with Crippen LogP contribution in [0.2, 0.25) is 0 Å². The Hall–Kier alpha value is -2.97. The first-order valence-electron chi connectivity index (χ1n) is 9.36. The lowest BCUT2D eigenvalue weighted by Gasteiger charge is -2.25. The van der Waals surface area contributed by atoms with Crippen LogP contribution in [0.3, 0.4) is 0 Å². The van der Waals surface area contributed by atoms with Crippen molar-refractivity contribution < 1.29 is 14.0 Å². The number of carbonyl (C=O) groups excluding carboxylic acids is 2. The predicted molar refractivity (Wildman–Crippen MR) is 101 cm³/mol. The molecule has 0 bridgehead atoms. The predicted octanol–water partition coefficient (Wildman–Crippen LogP) is 1.74. The maximum Gasteiger partial charge on any atom is 0.318 e. The van der Waals surface area contributed by atoms with E-state index in [1.54, 1.807) is 0 Å². The van der Waals surface area contributed by atoms with E-state index in [1.165, 1.54) is 15.8 Å². The molecule has 2 heterocycles. The van der Waals surface area contributed by atoms with Gasteiger partial charge in [0.2, 0.25) is 0 Å². The Morgan fingerprint density at radius 1 is 1.29 bits per heavy atom. The fourth-order valence-electron chi connectivity index (χ4n) is 3.19. The first-order valence-corrected chi connectivity index (χ1v) is 9.36. The fraction of sp³-hybridized carbons (Fsp3) is 0.474. The number of urea groups is 1. The molecule has 0 unspecified atom stereocenters. The molecular formula is C19H25FN6O2. The van der Waals surface area contributed by atoms with Gasteiger partial charge >= 0.3 is 6.03 Å². The molecule has 2 atom stereocenters. The minimum Gasteiger partial charge on any atom is -0.347 e. The molecule has 150 valence electrons. The van der Waals surface area contributed by atoms with Crippen molar-refractivity contribution in [3.63, 3.8) is 0 Å². The van der Waals surface area contributed by atoms with E-state index in [1.807, 2.05) is 44.2 Å². The molecule has 0 spiro atoms. The highest BCUT2D eigenvalue weighted by atomic mass is 19.1. The third kappa shape index (κ3) is 5.05. The number of hydrogen-bond acceptors (Lipinski definition) is 4. The summed E-state index contributed by atoms with van der Waals surface area (Å²) in [7, 11) is 0. The third-order valence-corrected chi connectivity index (χ3v) is 4.50. The topological polar surface area (TPSA) is 92.2 Å². The van der Waals surface area contributed by atoms with E-state index in [4.69, 9.17) is 0 Å². The summed E-state index contributed by atoms with van der Waals surface area (Å²) in [5.74, 6) is -0.334. The van der Waals surface area contributed by atoms with Gasteiger partial charge in [0.1, 0.15) is 6.17 Å². The molecule has 2 N–H and O–H groups in total. The number of benzene rings is 1. The minimum absolute atomic E-state index is 0.0295. The highest BCUT2D eigenvalue weighted by Gasteiger charge is 2.36. The van der Waals surface area contributed by atoms with Crippen LogP contribution >= 0.6 is 0 Å². The van der Waals surface area contributed by atoms with Crippen molar-refractivity contribution in [1.29, 1.82) is 0 Å². The highest BCUT2D eigenvalue weighted by Crippen LogP contribution is 2.22. The lowest BCUT2D eigenvalue weighted by Crippen LogP contribution is -2.46. The Morgan fingerprint density at radius 2 is 2.04 bits per heavy atom. The first-order chi connectivity index (χ1) is 13.4. The van der Waals surface area contributed by atoms with Gasteiger partial charge in [0, 0.05) is 19.0 Å². The van der Waals surface area contributed by atoms with E-state index in [-0.39, 0.29) is 49.2 Å². The average Bonchev–Trinajstić information content (AvgIpc) is 3.27. The number of likely N-dealkylation sites (tertiary alicyclic amines) is 1. The Morgan fingerprint density at radius 3 is 2.75 bits per heavy atom. The van der Waals surface area contributed by atoms with Gasteiger partial charge < -0.3 is 15.5 Å². The number of nitrogens with zero attached hydrogens (tertiary/aromatic N) is 4. The zero-order chi connectivity index (χ0) is 20.1. The smallest absolute Gasteiger partial charge is 0.318 e. The van der Waals surface area contributed by atoms with E-state index in [0.717, 1.165) is 5.56 Å². The van der Waals surface area contributed by atoms with Crippen LogP contribution in [0, 0.1) is 0 Å². The number of carbonyl (C=O) groups is 2. The molecule has 1 aliphatic rings. The lowest BCUT2D eigenvalue weighted by atomic mass is 10.2. The molecule has 1 aliphatic heterocycles. The standard InChI is InChI=1S/C19H25FN6O2/c1-13(2)22-19(28)26-10-15(20)8-16(26)11-25-12-17(23-24-25)18(27)21-9-14-6-4-3-5-7-14/h3-7,12-13,15-16H,8-11H2,1-2H3,(H,21,27)(H,22,28)/t15-,16-/m0/s1. The molecule has 1 aromatic heterocycles. The number of halogens is 1. The Labute approximate surface area is 163 Å². The van der Waals surface area contributed by atoms with Crippen molar-refractivity contribution in [3.05, 3.63) is 47.8 Å². The maximum absolute atomic E-state index is 13.9. The van der Waals surface area contributed by atoms with Crippen molar-refractivity contribution >= 4 is 11.9 Å². The highest BCUT2D eigenvalue weighted by molar-refractivity contribution is 5.91. The lowest BCUT2D eigenvalue weighted by molar-refractivity contribution is 0.0945. The normalized spacial score (nSPS) is 19.1. The van der Waals surface area contributed by atoms with Gasteiger partial charge in [0.15, 0.2) is 5.69 Å². The van der Waals surface area contributed by atoms with Gasteiger partial charge in [-0.3, -0.25) is 4.79 Å². The molecule has 0 saturated carbocycles. The number of alkyl halides is 1. The largest absolute Gasteiger partial charge is 0.347 e. The Kier molecular flexibility index (Phi) is 6.23. The second kappa shape index (κ2) is 8.81. The van der Waals surface area contributed by atoms with E-state index in [2.05, 4.69) is 20.9 Å². The van der Waals surface area contributed by atoms with Gasteiger partial charge in [-0.25, -0.2) is 13.9 Å². The van der Waals surface area contributed by atoms with Crippen LogP contribution in [0.4, 0.5) is 9.18 Å². The molecule has 3 rings (SSSR count). The average molecular weight is 388 g/mol. The van der Waals surface area contributed by atoms with E-state index < -0.39 is 6.17 Å². The third-order valence-electron chi connectivity index (χ3n) is 4.50. The van der Waals surface area contributed by atoms with Crippen LogP contribution < -0.4 is 10.6 Å². The Balaban J connectivity index is 1.58. The number of hydrogen-bond donors (Lipinski definition) is 2. The van der Waals surface area contributed by atoms with E-state index >= 15 is 0 Å². The number of rotatable bonds is 6. The van der Waals surface area contributed by atoms with Crippen LogP contribution in [0.5, 0.6) is 0 Å². The SMILES string of the molecule is CC(C)NC(=O)N1C[C@@H](F)C[C@H]1Cn1cc(C(=O)NCc2ccccc2)nn1. The summed E-state index contributed by atoms with van der Waals surface area (Å²) in [6.07, 6.45) is 0.686. The second-order valence-electron chi connectivity index (χ2n) is 7.24. The molecule has 3 amide bonds. The van der Waals surface area contributed by atoms with Gasteiger partial charge in [-0.05, 0) is 19.4 Å². The van der Waals surface area contributed by atoms with Crippen LogP contribution in [0.25, 0.3) is 0 Å². The van der Waals surface area contributed by atoms with E-state index in [9.17, 15) is 14.0 Å². The zero-order valence-corrected chi connectivity index (χ0v) is 16.0. The van der Waals surface area contributed by atoms with Crippen molar-refractivity contribution in [3.8, 4) is 0 Å². The summed E-state index contributed by atoms with van der Waals surface area (Å²) in [5, 5.41) is 13.4. The van der Waals surface area contributed by atoms with Gasteiger partial charge in [-0.2, -0.15) is 0 Å². The minimum atomic E-state index is -1.07. The quantitative estimate of drug-likeness (QED) is 0.788. The van der Waals surface area contributed by atoms with Gasteiger partial charge in [0.05, 0.1) is 25.3 Å². The van der Waals surface area contributed by atoms with Crippen molar-refractivity contribution in [2.24, 2.45) is 0 Å². The van der Waals surface area contributed by atoms with Gasteiger partial charge in [0.25, 0.3) is 5.91 Å². The molecule has 9 heteroatoms. The summed E-state index contributed by atoms with van der Waals surface area (Å²) in [6, 6.07) is 8.89. The molecule has 0 aliphatic carbocycles. The molecule has 1 saturated heterocycles. The zero-order valence-electron chi connectivity index (χ0n) is 16.0. The summed E-state index contributed by atoms with van der Waals surface area (Å²) in [5.41, 5.74) is 1.17. The monoisotopic (exact) mass is 388 g/mol. The molecule has 2 aromatic rings. The Bertz CT molecular complexity index is 810. The fourth-order valence-corrected chi connectivity index (χ4v) is 3.19. The van der Waals surface area contributed by atoms with E-state index in [0.29, 0.717) is 6.54 Å². The molecule has 0 radical (unpaired) electrons. The summed E-state index contributed by atoms with van der Waals surface area (Å²) in [4.78, 5) is 26.0.